The van der Waals surface area contributed by atoms with Crippen LogP contribution in [0.1, 0.15) is 39.4 Å². The van der Waals surface area contributed by atoms with Gasteiger partial charge in [0.2, 0.25) is 0 Å². The molecule has 1 atom stereocenters. The van der Waals surface area contributed by atoms with E-state index in [0.29, 0.717) is 0 Å². The Morgan fingerprint density at radius 2 is 1.40 bits per heavy atom. The van der Waals surface area contributed by atoms with Crippen molar-refractivity contribution in [2.75, 3.05) is 7.05 Å². The van der Waals surface area contributed by atoms with Crippen molar-refractivity contribution in [3.05, 3.63) is 69.5 Å². The Hall–Kier alpha value is -1.67. The lowest BCUT2D eigenvalue weighted by Gasteiger charge is -2.22. The zero-order chi connectivity index (χ0) is 14.9. The summed E-state index contributed by atoms with van der Waals surface area (Å²) in [6.45, 7) is 8.34. The summed E-state index contributed by atoms with van der Waals surface area (Å²) in [6.07, 6.45) is 0. The Bertz CT molecular complexity index is 632. The molecule has 0 aromatic heterocycles. The summed E-state index contributed by atoms with van der Waals surface area (Å²) >= 11 is 0. The lowest BCUT2D eigenvalue weighted by atomic mass is 9.90. The van der Waals surface area contributed by atoms with E-state index in [1.165, 1.54) is 28.3 Å². The zero-order valence-corrected chi connectivity index (χ0v) is 12.8. The monoisotopic (exact) mass is 271 g/mol. The van der Waals surface area contributed by atoms with Crippen LogP contribution in [0.25, 0.3) is 0 Å². The first-order chi connectivity index (χ1) is 9.43. The number of hydrogen-bond acceptors (Lipinski definition) is 1. The van der Waals surface area contributed by atoms with Gasteiger partial charge in [-0.2, -0.15) is 0 Å². The Morgan fingerprint density at radius 1 is 0.800 bits per heavy atom. The first-order valence-electron chi connectivity index (χ1n) is 6.95. The molecular formula is C18H22FN. The molecule has 2 heteroatoms. The smallest absolute Gasteiger partial charge is 0.123 e. The third-order valence-corrected chi connectivity index (χ3v) is 4.02. The fourth-order valence-electron chi connectivity index (χ4n) is 2.74. The molecule has 0 amide bonds. The van der Waals surface area contributed by atoms with Crippen LogP contribution in [0, 0.1) is 33.5 Å². The highest BCUT2D eigenvalue weighted by Gasteiger charge is 2.17. The molecule has 0 bridgehead atoms. The van der Waals surface area contributed by atoms with E-state index < -0.39 is 0 Å². The van der Waals surface area contributed by atoms with Crippen molar-refractivity contribution in [1.29, 1.82) is 0 Å². The highest BCUT2D eigenvalue weighted by molar-refractivity contribution is 5.44. The predicted octanol–water partition coefficient (Wildman–Crippen LogP) is 4.37. The molecule has 0 heterocycles. The molecular weight excluding hydrogens is 249 g/mol. The van der Waals surface area contributed by atoms with Crippen molar-refractivity contribution in [3.8, 4) is 0 Å². The van der Waals surface area contributed by atoms with Crippen LogP contribution in [0.5, 0.6) is 0 Å². The third-order valence-electron chi connectivity index (χ3n) is 4.02. The van der Waals surface area contributed by atoms with E-state index >= 15 is 0 Å². The summed E-state index contributed by atoms with van der Waals surface area (Å²) in [5, 5.41) is 3.36. The average Bonchev–Trinajstić information content (AvgIpc) is 2.38. The van der Waals surface area contributed by atoms with Crippen LogP contribution in [0.4, 0.5) is 4.39 Å². The van der Waals surface area contributed by atoms with Gasteiger partial charge >= 0.3 is 0 Å². The van der Waals surface area contributed by atoms with Crippen LogP contribution >= 0.6 is 0 Å². The Labute approximate surface area is 120 Å². The standard InChI is InChI=1S/C18H22FN/c1-11-8-13(3)17(10-12(11)2)18(20-5)16-7-6-15(19)9-14(16)4/h6-10,18,20H,1-5H3. The minimum atomic E-state index is -0.182. The number of halogens is 1. The van der Waals surface area contributed by atoms with Crippen LogP contribution in [-0.4, -0.2) is 7.05 Å². The second-order valence-corrected chi connectivity index (χ2v) is 5.52. The van der Waals surface area contributed by atoms with E-state index in [9.17, 15) is 4.39 Å². The summed E-state index contributed by atoms with van der Waals surface area (Å²) < 4.78 is 13.3. The van der Waals surface area contributed by atoms with Gasteiger partial charge in [-0.15, -0.1) is 0 Å². The maximum atomic E-state index is 13.3. The molecule has 20 heavy (non-hydrogen) atoms. The summed E-state index contributed by atoms with van der Waals surface area (Å²) in [5.74, 6) is -0.182. The molecule has 0 radical (unpaired) electrons. The SMILES string of the molecule is CNC(c1ccc(F)cc1C)c1cc(C)c(C)cc1C. The normalized spacial score (nSPS) is 12.5. The molecule has 0 fully saturated rings. The van der Waals surface area contributed by atoms with E-state index in [-0.39, 0.29) is 11.9 Å². The van der Waals surface area contributed by atoms with Crippen molar-refractivity contribution in [2.45, 2.75) is 33.7 Å². The quantitative estimate of drug-likeness (QED) is 0.874. The third kappa shape index (κ3) is 2.75. The lowest BCUT2D eigenvalue weighted by molar-refractivity contribution is 0.620. The molecule has 1 nitrogen and oxygen atoms in total. The maximum absolute atomic E-state index is 13.3. The van der Waals surface area contributed by atoms with Gasteiger partial charge in [0, 0.05) is 0 Å². The van der Waals surface area contributed by atoms with E-state index in [1.807, 2.05) is 20.0 Å². The fraction of sp³-hybridized carbons (Fsp3) is 0.333. The summed E-state index contributed by atoms with van der Waals surface area (Å²) in [6, 6.07) is 9.54. The molecule has 2 rings (SSSR count). The van der Waals surface area contributed by atoms with Crippen LogP contribution in [0.15, 0.2) is 30.3 Å². The first kappa shape index (κ1) is 14.7. The first-order valence-corrected chi connectivity index (χ1v) is 6.95. The Balaban J connectivity index is 2.55. The number of aryl methyl sites for hydroxylation is 4. The van der Waals surface area contributed by atoms with Gasteiger partial charge in [-0.25, -0.2) is 4.39 Å². The summed E-state index contributed by atoms with van der Waals surface area (Å²) in [4.78, 5) is 0. The van der Waals surface area contributed by atoms with Gasteiger partial charge in [-0.3, -0.25) is 0 Å². The van der Waals surface area contributed by atoms with E-state index in [2.05, 4.69) is 38.2 Å². The second kappa shape index (κ2) is 5.76. The van der Waals surface area contributed by atoms with Crippen LogP contribution < -0.4 is 5.32 Å². The number of hydrogen-bond donors (Lipinski definition) is 1. The van der Waals surface area contributed by atoms with Gasteiger partial charge in [0.15, 0.2) is 0 Å². The number of rotatable bonds is 3. The van der Waals surface area contributed by atoms with Crippen molar-refractivity contribution < 1.29 is 4.39 Å². The largest absolute Gasteiger partial charge is 0.309 e. The van der Waals surface area contributed by atoms with E-state index in [0.717, 1.165) is 11.1 Å². The average molecular weight is 271 g/mol. The lowest BCUT2D eigenvalue weighted by Crippen LogP contribution is -2.20. The van der Waals surface area contributed by atoms with Gasteiger partial charge < -0.3 is 5.32 Å². The fourth-order valence-corrected chi connectivity index (χ4v) is 2.74. The molecule has 1 unspecified atom stereocenters. The molecule has 0 spiro atoms. The minimum absolute atomic E-state index is 0.0925. The molecule has 106 valence electrons. The Kier molecular flexibility index (Phi) is 4.24. The topological polar surface area (TPSA) is 12.0 Å². The van der Waals surface area contributed by atoms with Crippen molar-refractivity contribution >= 4 is 0 Å². The highest BCUT2D eigenvalue weighted by Crippen LogP contribution is 2.29. The van der Waals surface area contributed by atoms with Crippen LogP contribution in [0.3, 0.4) is 0 Å². The van der Waals surface area contributed by atoms with E-state index in [1.54, 1.807) is 6.07 Å². The number of nitrogens with one attached hydrogen (secondary N) is 1. The summed E-state index contributed by atoms with van der Waals surface area (Å²) in [5.41, 5.74) is 7.20. The van der Waals surface area contributed by atoms with Gasteiger partial charge in [-0.05, 0) is 80.3 Å². The van der Waals surface area contributed by atoms with Gasteiger partial charge in [-0.1, -0.05) is 18.2 Å². The number of benzene rings is 2. The van der Waals surface area contributed by atoms with Crippen molar-refractivity contribution in [2.24, 2.45) is 0 Å². The second-order valence-electron chi connectivity index (χ2n) is 5.52. The molecule has 1 N–H and O–H groups in total. The van der Waals surface area contributed by atoms with Crippen molar-refractivity contribution in [3.63, 3.8) is 0 Å². The molecule has 0 saturated heterocycles. The molecule has 0 saturated carbocycles. The zero-order valence-electron chi connectivity index (χ0n) is 12.8. The molecule has 0 aliphatic carbocycles. The maximum Gasteiger partial charge on any atom is 0.123 e. The van der Waals surface area contributed by atoms with Crippen molar-refractivity contribution in [1.82, 2.24) is 5.32 Å². The molecule has 2 aromatic carbocycles. The van der Waals surface area contributed by atoms with Gasteiger partial charge in [0.25, 0.3) is 0 Å². The van der Waals surface area contributed by atoms with Crippen LogP contribution in [-0.2, 0) is 0 Å². The molecule has 0 aliphatic rings. The summed E-state index contributed by atoms with van der Waals surface area (Å²) in [7, 11) is 1.95. The predicted molar refractivity (Wildman–Crippen MR) is 82.7 cm³/mol. The highest BCUT2D eigenvalue weighted by atomic mass is 19.1. The Morgan fingerprint density at radius 3 is 2.00 bits per heavy atom. The molecule has 2 aromatic rings. The van der Waals surface area contributed by atoms with E-state index in [4.69, 9.17) is 0 Å². The van der Waals surface area contributed by atoms with Crippen LogP contribution in [0.2, 0.25) is 0 Å². The minimum Gasteiger partial charge on any atom is -0.309 e. The van der Waals surface area contributed by atoms with Gasteiger partial charge in [0.05, 0.1) is 6.04 Å². The molecule has 0 aliphatic heterocycles. The van der Waals surface area contributed by atoms with Gasteiger partial charge in [0.1, 0.15) is 5.82 Å².